The quantitative estimate of drug-likeness (QED) is 0.592. The maximum absolute atomic E-state index is 12.2. The van der Waals surface area contributed by atoms with Crippen molar-refractivity contribution in [3.8, 4) is 0 Å². The topological polar surface area (TPSA) is 34.1 Å². The van der Waals surface area contributed by atoms with Gasteiger partial charge in [-0.3, -0.25) is 0 Å². The summed E-state index contributed by atoms with van der Waals surface area (Å²) in [4.78, 5) is -0.651. The van der Waals surface area contributed by atoms with Gasteiger partial charge < -0.3 is 12.9 Å². The molecule has 0 atom stereocenters. The van der Waals surface area contributed by atoms with Gasteiger partial charge in [0.05, 0.1) is 4.90 Å². The molecule has 0 heterocycles. The third-order valence-corrected chi connectivity index (χ3v) is 3.00. The van der Waals surface area contributed by atoms with Crippen molar-refractivity contribution in [2.24, 2.45) is 0 Å². The molecule has 2 nitrogen and oxygen atoms in total. The highest BCUT2D eigenvalue weighted by atomic mass is 32.2. The van der Waals surface area contributed by atoms with Gasteiger partial charge >= 0.3 is 6.98 Å². The van der Waals surface area contributed by atoms with Crippen LogP contribution in [0.1, 0.15) is 0 Å². The normalized spacial score (nSPS) is 12.8. The molecule has 0 saturated carbocycles. The third-order valence-electron chi connectivity index (χ3n) is 1.74. The predicted molar refractivity (Wildman–Crippen MR) is 48.3 cm³/mol. The molecule has 0 aliphatic carbocycles. The van der Waals surface area contributed by atoms with Gasteiger partial charge in [0.15, 0.2) is 6.01 Å². The van der Waals surface area contributed by atoms with E-state index < -0.39 is 33.2 Å². The summed E-state index contributed by atoms with van der Waals surface area (Å²) in [6.07, 6.45) is 0. The molecule has 1 rings (SSSR count). The first kappa shape index (κ1) is 12.0. The standard InChI is InChI=1S/C7H6BF4O2S/c9-5-15(13,14)7-3-1-2-6(4-7)8(10,11)12/h1-4H,5H2/q-1. The van der Waals surface area contributed by atoms with Crippen LogP contribution in [-0.2, 0) is 9.84 Å². The number of halogens is 4. The van der Waals surface area contributed by atoms with E-state index in [-0.39, 0.29) is 0 Å². The van der Waals surface area contributed by atoms with Crippen LogP contribution in [0.2, 0.25) is 0 Å². The van der Waals surface area contributed by atoms with E-state index in [1.54, 1.807) is 0 Å². The number of rotatable bonds is 3. The van der Waals surface area contributed by atoms with Crippen LogP contribution >= 0.6 is 0 Å². The van der Waals surface area contributed by atoms with Crippen molar-refractivity contribution in [2.75, 3.05) is 6.01 Å². The van der Waals surface area contributed by atoms with Gasteiger partial charge in [0.1, 0.15) is 0 Å². The summed E-state index contributed by atoms with van der Waals surface area (Å²) in [5.41, 5.74) is -1.05. The molecule has 0 saturated heterocycles. The highest BCUT2D eigenvalue weighted by molar-refractivity contribution is 7.91. The number of hydrogen-bond acceptors (Lipinski definition) is 2. The van der Waals surface area contributed by atoms with Gasteiger partial charge in [-0.15, -0.1) is 5.46 Å². The van der Waals surface area contributed by atoms with Crippen LogP contribution in [0.15, 0.2) is 29.2 Å². The summed E-state index contributed by atoms with van der Waals surface area (Å²) in [7, 11) is -4.24. The van der Waals surface area contributed by atoms with Gasteiger partial charge in [-0.25, -0.2) is 12.8 Å². The summed E-state index contributed by atoms with van der Waals surface area (Å²) in [5.74, 6) is 0. The smallest absolute Gasteiger partial charge is 0.445 e. The lowest BCUT2D eigenvalue weighted by molar-refractivity contribution is 0.500. The number of hydrogen-bond donors (Lipinski definition) is 0. The predicted octanol–water partition coefficient (Wildman–Crippen LogP) is 1.44. The van der Waals surface area contributed by atoms with Gasteiger partial charge in [0.25, 0.3) is 0 Å². The van der Waals surface area contributed by atoms with E-state index in [9.17, 15) is 25.8 Å². The zero-order chi connectivity index (χ0) is 11.7. The molecule has 8 heteroatoms. The van der Waals surface area contributed by atoms with E-state index in [0.717, 1.165) is 18.2 Å². The zero-order valence-electron chi connectivity index (χ0n) is 7.33. The molecular formula is C7H6BF4O2S-. The fraction of sp³-hybridized carbons (Fsp3) is 0.143. The SMILES string of the molecule is O=S(=O)(CF)c1cccc([B-](F)(F)F)c1. The number of alkyl halides is 1. The lowest BCUT2D eigenvalue weighted by Crippen LogP contribution is -2.34. The molecule has 0 fully saturated rings. The van der Waals surface area contributed by atoms with Crippen molar-refractivity contribution in [3.63, 3.8) is 0 Å². The molecule has 84 valence electrons. The van der Waals surface area contributed by atoms with E-state index in [1.165, 1.54) is 0 Å². The monoisotopic (exact) mass is 241 g/mol. The van der Waals surface area contributed by atoms with Crippen LogP contribution in [0.5, 0.6) is 0 Å². The molecule has 0 aliphatic rings. The Balaban J connectivity index is 3.27. The highest BCUT2D eigenvalue weighted by Gasteiger charge is 2.26. The molecule has 15 heavy (non-hydrogen) atoms. The molecular weight excluding hydrogens is 235 g/mol. The van der Waals surface area contributed by atoms with E-state index in [4.69, 9.17) is 0 Å². The van der Waals surface area contributed by atoms with E-state index >= 15 is 0 Å². The lowest BCUT2D eigenvalue weighted by atomic mass is 9.80. The zero-order valence-corrected chi connectivity index (χ0v) is 8.15. The van der Waals surface area contributed by atoms with Crippen molar-refractivity contribution in [1.29, 1.82) is 0 Å². The maximum Gasteiger partial charge on any atom is 0.509 e. The highest BCUT2D eigenvalue weighted by Crippen LogP contribution is 2.14. The van der Waals surface area contributed by atoms with Gasteiger partial charge in [0, 0.05) is 0 Å². The molecule has 1 aromatic carbocycles. The van der Waals surface area contributed by atoms with Crippen LogP contribution in [0.3, 0.4) is 0 Å². The molecule has 0 spiro atoms. The van der Waals surface area contributed by atoms with Gasteiger partial charge in [-0.2, -0.15) is 0 Å². The molecule has 0 N–H and O–H groups in total. The van der Waals surface area contributed by atoms with Crippen LogP contribution in [0.25, 0.3) is 0 Å². The van der Waals surface area contributed by atoms with Gasteiger partial charge in [-0.1, -0.05) is 18.2 Å². The Bertz CT molecular complexity index is 454. The molecule has 1 aromatic rings. The summed E-state index contributed by atoms with van der Waals surface area (Å²) in [6.45, 7) is -5.27. The summed E-state index contributed by atoms with van der Waals surface area (Å²) < 4.78 is 70.6. The van der Waals surface area contributed by atoms with E-state index in [2.05, 4.69) is 0 Å². The van der Waals surface area contributed by atoms with Crippen molar-refractivity contribution >= 4 is 22.3 Å². The molecule has 0 radical (unpaired) electrons. The Hall–Kier alpha value is -1.05. The second-order valence-electron chi connectivity index (χ2n) is 2.87. The molecule has 0 aliphatic heterocycles. The average molecular weight is 241 g/mol. The van der Waals surface area contributed by atoms with Crippen molar-refractivity contribution in [1.82, 2.24) is 0 Å². The Morgan fingerprint density at radius 3 is 2.27 bits per heavy atom. The largest absolute Gasteiger partial charge is 0.509 e. The summed E-state index contributed by atoms with van der Waals surface area (Å²) in [5, 5.41) is 0. The number of sulfone groups is 1. The Labute approximate surface area is 83.9 Å². The number of benzene rings is 1. The second kappa shape index (κ2) is 3.84. The molecule has 0 bridgehead atoms. The second-order valence-corrected chi connectivity index (χ2v) is 4.79. The summed E-state index contributed by atoms with van der Waals surface area (Å²) in [6, 6.07) is 1.35. The first-order chi connectivity index (χ1) is 6.77. The van der Waals surface area contributed by atoms with Gasteiger partial charge in [0.2, 0.25) is 9.84 Å². The molecule has 0 unspecified atom stereocenters. The summed E-state index contributed by atoms with van der Waals surface area (Å²) >= 11 is 0. The maximum atomic E-state index is 12.2. The van der Waals surface area contributed by atoms with Crippen molar-refractivity contribution in [2.45, 2.75) is 4.90 Å². The minimum Gasteiger partial charge on any atom is -0.445 e. The minimum atomic E-state index is -5.27. The van der Waals surface area contributed by atoms with Crippen LogP contribution in [-0.4, -0.2) is 21.4 Å². The van der Waals surface area contributed by atoms with E-state index in [0.29, 0.717) is 6.07 Å². The third kappa shape index (κ3) is 2.71. The van der Waals surface area contributed by atoms with E-state index in [1.807, 2.05) is 0 Å². The first-order valence-corrected chi connectivity index (χ1v) is 5.51. The van der Waals surface area contributed by atoms with Crippen LogP contribution in [0, 0.1) is 0 Å². The van der Waals surface area contributed by atoms with Crippen molar-refractivity contribution < 1.29 is 25.8 Å². The van der Waals surface area contributed by atoms with Crippen LogP contribution in [0.4, 0.5) is 17.3 Å². The lowest BCUT2D eigenvalue weighted by Gasteiger charge is -2.15. The first-order valence-electron chi connectivity index (χ1n) is 3.86. The Kier molecular flexibility index (Phi) is 3.08. The van der Waals surface area contributed by atoms with Crippen molar-refractivity contribution in [3.05, 3.63) is 24.3 Å². The Morgan fingerprint density at radius 1 is 1.20 bits per heavy atom. The van der Waals surface area contributed by atoms with Gasteiger partial charge in [-0.05, 0) is 6.07 Å². The Morgan fingerprint density at radius 2 is 1.80 bits per heavy atom. The average Bonchev–Trinajstić information content (AvgIpc) is 2.17. The fourth-order valence-corrected chi connectivity index (χ4v) is 1.70. The van der Waals surface area contributed by atoms with Crippen LogP contribution < -0.4 is 5.46 Å². The molecule has 0 aromatic heterocycles. The minimum absolute atomic E-state index is 0.439. The fourth-order valence-electron chi connectivity index (χ4n) is 0.975. The molecule has 0 amide bonds.